The maximum atomic E-state index is 12.7. The van der Waals surface area contributed by atoms with E-state index in [1.54, 1.807) is 36.5 Å². The van der Waals surface area contributed by atoms with Gasteiger partial charge in [0.1, 0.15) is 5.75 Å². The van der Waals surface area contributed by atoms with Crippen molar-refractivity contribution < 1.29 is 14.3 Å². The van der Waals surface area contributed by atoms with E-state index in [1.165, 1.54) is 45.6 Å². The molecule has 4 fully saturated rings. The van der Waals surface area contributed by atoms with Crippen LogP contribution in [0.3, 0.4) is 0 Å². The Labute approximate surface area is 176 Å². The predicted molar refractivity (Wildman–Crippen MR) is 112 cm³/mol. The molecule has 2 amide bonds. The molecule has 0 atom stereocenters. The van der Waals surface area contributed by atoms with Gasteiger partial charge in [-0.05, 0) is 80.5 Å². The van der Waals surface area contributed by atoms with Crippen LogP contribution < -0.4 is 15.6 Å². The highest BCUT2D eigenvalue weighted by Gasteiger charge is 2.52. The van der Waals surface area contributed by atoms with Crippen LogP contribution in [0, 0.1) is 17.8 Å². The summed E-state index contributed by atoms with van der Waals surface area (Å²) >= 11 is 0. The Morgan fingerprint density at radius 2 is 1.60 bits per heavy atom. The summed E-state index contributed by atoms with van der Waals surface area (Å²) in [5.74, 6) is 2.14. The maximum Gasteiger partial charge on any atom is 0.273 e. The zero-order valence-corrected chi connectivity index (χ0v) is 17.2. The lowest BCUT2D eigenvalue weighted by Gasteiger charge is -2.56. The number of carbonyl (C=O) groups is 2. The first kappa shape index (κ1) is 19.1. The van der Waals surface area contributed by atoms with E-state index in [9.17, 15) is 9.59 Å². The van der Waals surface area contributed by atoms with Crippen LogP contribution in [0.1, 0.15) is 64.9 Å². The molecule has 4 saturated carbocycles. The molecule has 0 saturated heterocycles. The molecule has 156 valence electrons. The summed E-state index contributed by atoms with van der Waals surface area (Å²) in [5, 5.41) is 0. The molecule has 1 aromatic heterocycles. The van der Waals surface area contributed by atoms with Gasteiger partial charge in [-0.25, -0.2) is 0 Å². The second-order valence-electron chi connectivity index (χ2n) is 9.24. The molecule has 0 radical (unpaired) electrons. The van der Waals surface area contributed by atoms with E-state index in [-0.39, 0.29) is 11.3 Å². The number of carbonyl (C=O) groups excluding carboxylic acids is 2. The molecular formula is C24H27N3O3. The average Bonchev–Trinajstić information content (AvgIpc) is 2.76. The Morgan fingerprint density at radius 3 is 2.27 bits per heavy atom. The molecule has 4 bridgehead atoms. The van der Waals surface area contributed by atoms with Crippen LogP contribution in [0.15, 0.2) is 42.6 Å². The molecule has 4 aliphatic carbocycles. The summed E-state index contributed by atoms with van der Waals surface area (Å²) < 4.78 is 5.21. The number of methoxy groups -OCH3 is 1. The van der Waals surface area contributed by atoms with E-state index in [0.29, 0.717) is 16.9 Å². The third kappa shape index (κ3) is 3.34. The SMILES string of the molecule is COc1ccccc1C(=O)NNC(=O)c1ccnc(C23CC4CC(CC(C4)C2)C3)c1. The largest absolute Gasteiger partial charge is 0.496 e. The molecule has 6 rings (SSSR count). The van der Waals surface area contributed by atoms with Crippen LogP contribution in [0.25, 0.3) is 0 Å². The fourth-order valence-corrected chi connectivity index (χ4v) is 6.37. The highest BCUT2D eigenvalue weighted by atomic mass is 16.5. The van der Waals surface area contributed by atoms with Crippen molar-refractivity contribution in [3.05, 3.63) is 59.4 Å². The number of nitrogens with zero attached hydrogens (tertiary/aromatic N) is 1. The van der Waals surface area contributed by atoms with E-state index < -0.39 is 5.91 Å². The van der Waals surface area contributed by atoms with Crippen LogP contribution in [0.4, 0.5) is 0 Å². The molecule has 2 N–H and O–H groups in total. The van der Waals surface area contributed by atoms with Gasteiger partial charge in [0, 0.05) is 22.9 Å². The fourth-order valence-electron chi connectivity index (χ4n) is 6.37. The standard InChI is InChI=1S/C24H27N3O3/c1-30-20-5-3-2-4-19(20)23(29)27-26-22(28)18-6-7-25-21(11-18)24-12-15-8-16(13-24)10-17(9-15)14-24/h2-7,11,15-17H,8-10,12-14H2,1H3,(H,26,28)(H,27,29). The third-order valence-electron chi connectivity index (χ3n) is 7.24. The number of ether oxygens (including phenoxy) is 1. The van der Waals surface area contributed by atoms with Gasteiger partial charge >= 0.3 is 0 Å². The fraction of sp³-hybridized carbons (Fsp3) is 0.458. The van der Waals surface area contributed by atoms with Crippen molar-refractivity contribution in [2.75, 3.05) is 7.11 Å². The van der Waals surface area contributed by atoms with E-state index in [1.807, 2.05) is 6.07 Å². The van der Waals surface area contributed by atoms with Crippen LogP contribution >= 0.6 is 0 Å². The zero-order valence-electron chi connectivity index (χ0n) is 17.2. The lowest BCUT2D eigenvalue weighted by atomic mass is 9.48. The Bertz CT molecular complexity index is 952. The van der Waals surface area contributed by atoms with Gasteiger partial charge in [0.15, 0.2) is 0 Å². The lowest BCUT2D eigenvalue weighted by molar-refractivity contribution is -0.00722. The highest BCUT2D eigenvalue weighted by Crippen LogP contribution is 2.60. The number of hydrogen-bond acceptors (Lipinski definition) is 4. The summed E-state index contributed by atoms with van der Waals surface area (Å²) in [6.07, 6.45) is 9.42. The van der Waals surface area contributed by atoms with Crippen LogP contribution in [-0.2, 0) is 5.41 Å². The minimum atomic E-state index is -0.420. The van der Waals surface area contributed by atoms with Crippen molar-refractivity contribution >= 4 is 11.8 Å². The van der Waals surface area contributed by atoms with Gasteiger partial charge in [-0.15, -0.1) is 0 Å². The van der Waals surface area contributed by atoms with Gasteiger partial charge in [0.2, 0.25) is 0 Å². The Morgan fingerprint density at radius 1 is 0.967 bits per heavy atom. The molecular weight excluding hydrogens is 378 g/mol. The smallest absolute Gasteiger partial charge is 0.273 e. The van der Waals surface area contributed by atoms with Crippen molar-refractivity contribution in [2.24, 2.45) is 17.8 Å². The van der Waals surface area contributed by atoms with E-state index >= 15 is 0 Å². The summed E-state index contributed by atoms with van der Waals surface area (Å²) in [7, 11) is 1.51. The van der Waals surface area contributed by atoms with Crippen molar-refractivity contribution in [3.63, 3.8) is 0 Å². The molecule has 6 heteroatoms. The number of para-hydroxylation sites is 1. The van der Waals surface area contributed by atoms with E-state index in [4.69, 9.17) is 9.72 Å². The van der Waals surface area contributed by atoms with Gasteiger partial charge in [0.25, 0.3) is 11.8 Å². The number of aromatic nitrogens is 1. The van der Waals surface area contributed by atoms with Crippen molar-refractivity contribution in [3.8, 4) is 5.75 Å². The number of rotatable bonds is 4. The molecule has 2 aromatic rings. The first-order valence-electron chi connectivity index (χ1n) is 10.8. The molecule has 0 unspecified atom stereocenters. The van der Waals surface area contributed by atoms with Crippen LogP contribution in [0.5, 0.6) is 5.75 Å². The first-order valence-corrected chi connectivity index (χ1v) is 10.8. The van der Waals surface area contributed by atoms with Crippen molar-refractivity contribution in [2.45, 2.75) is 43.9 Å². The lowest BCUT2D eigenvalue weighted by Crippen LogP contribution is -2.49. The van der Waals surface area contributed by atoms with Gasteiger partial charge in [-0.1, -0.05) is 12.1 Å². The Kier molecular flexibility index (Phi) is 4.72. The first-order chi connectivity index (χ1) is 14.6. The number of nitrogens with one attached hydrogen (secondary N) is 2. The summed E-state index contributed by atoms with van der Waals surface area (Å²) in [5.41, 5.74) is 7.08. The topological polar surface area (TPSA) is 80.3 Å². The number of benzene rings is 1. The Hall–Kier alpha value is -2.89. The minimum Gasteiger partial charge on any atom is -0.496 e. The Balaban J connectivity index is 1.30. The van der Waals surface area contributed by atoms with Crippen molar-refractivity contribution in [1.29, 1.82) is 0 Å². The molecule has 6 nitrogen and oxygen atoms in total. The summed E-state index contributed by atoms with van der Waals surface area (Å²) in [6.45, 7) is 0. The monoisotopic (exact) mass is 405 g/mol. The second-order valence-corrected chi connectivity index (χ2v) is 9.24. The number of amides is 2. The van der Waals surface area contributed by atoms with Gasteiger partial charge < -0.3 is 4.74 Å². The number of pyridine rings is 1. The zero-order chi connectivity index (χ0) is 20.7. The van der Waals surface area contributed by atoms with Gasteiger partial charge in [-0.2, -0.15) is 0 Å². The maximum absolute atomic E-state index is 12.7. The van der Waals surface area contributed by atoms with Gasteiger partial charge in [0.05, 0.1) is 12.7 Å². The highest BCUT2D eigenvalue weighted by molar-refractivity contribution is 6.00. The molecule has 0 spiro atoms. The minimum absolute atomic E-state index is 0.131. The molecule has 30 heavy (non-hydrogen) atoms. The average molecular weight is 405 g/mol. The summed E-state index contributed by atoms with van der Waals surface area (Å²) in [4.78, 5) is 29.9. The van der Waals surface area contributed by atoms with E-state index in [0.717, 1.165) is 23.4 Å². The molecule has 4 aliphatic rings. The number of hydrazine groups is 1. The quantitative estimate of drug-likeness (QED) is 0.761. The molecule has 0 aliphatic heterocycles. The number of hydrogen-bond donors (Lipinski definition) is 2. The third-order valence-corrected chi connectivity index (χ3v) is 7.24. The molecule has 1 heterocycles. The van der Waals surface area contributed by atoms with Crippen LogP contribution in [-0.4, -0.2) is 23.9 Å². The normalized spacial score (nSPS) is 28.8. The predicted octanol–water partition coefficient (Wildman–Crippen LogP) is 3.63. The summed E-state index contributed by atoms with van der Waals surface area (Å²) in [6, 6.07) is 10.5. The molecule has 1 aromatic carbocycles. The van der Waals surface area contributed by atoms with Gasteiger partial charge in [-0.3, -0.25) is 25.4 Å². The van der Waals surface area contributed by atoms with Crippen LogP contribution in [0.2, 0.25) is 0 Å². The second kappa shape index (κ2) is 7.42. The van der Waals surface area contributed by atoms with E-state index in [2.05, 4.69) is 10.9 Å². The van der Waals surface area contributed by atoms with Crippen molar-refractivity contribution in [1.82, 2.24) is 15.8 Å².